The van der Waals surface area contributed by atoms with Gasteiger partial charge in [0.05, 0.1) is 11.2 Å². The maximum absolute atomic E-state index is 7.07. The Kier molecular flexibility index (Phi) is 6.09. The molecule has 2 bridgehead atoms. The topological polar surface area (TPSA) is 74.2 Å². The Balaban J connectivity index is 1.41. The van der Waals surface area contributed by atoms with Gasteiger partial charge < -0.3 is 16.2 Å². The van der Waals surface area contributed by atoms with Gasteiger partial charge in [-0.1, -0.05) is 19.9 Å². The Hall–Kier alpha value is -1.13. The first-order chi connectivity index (χ1) is 15.6. The van der Waals surface area contributed by atoms with Crippen LogP contribution in [-0.2, 0) is 11.2 Å². The van der Waals surface area contributed by atoms with Gasteiger partial charge in [-0.25, -0.2) is 4.98 Å². The Morgan fingerprint density at radius 1 is 1.06 bits per heavy atom. The average molecular weight is 454 g/mol. The molecule has 184 valence electrons. The first-order valence-corrected chi connectivity index (χ1v) is 13.7. The molecule has 3 aliphatic carbocycles. The van der Waals surface area contributed by atoms with Crippen LogP contribution in [0, 0.1) is 35.0 Å². The molecule has 0 aromatic carbocycles. The van der Waals surface area contributed by atoms with E-state index in [9.17, 15) is 0 Å². The third-order valence-corrected chi connectivity index (χ3v) is 10.1. The van der Waals surface area contributed by atoms with E-state index in [-0.39, 0.29) is 17.2 Å². The zero-order chi connectivity index (χ0) is 23.4. The maximum atomic E-state index is 7.07. The summed E-state index contributed by atoms with van der Waals surface area (Å²) in [4.78, 5) is 4.39. The minimum absolute atomic E-state index is 0.0150. The van der Waals surface area contributed by atoms with Gasteiger partial charge in [-0.05, 0) is 125 Å². The number of ether oxygens (including phenoxy) is 1. The molecule has 6 rings (SSSR count). The number of hydrogen-bond acceptors (Lipinski definition) is 4. The second-order valence-corrected chi connectivity index (χ2v) is 13.5. The molecule has 5 aliphatic rings. The van der Waals surface area contributed by atoms with E-state index < -0.39 is 0 Å². The van der Waals surface area contributed by atoms with Gasteiger partial charge in [0.2, 0.25) is 0 Å². The highest BCUT2D eigenvalue weighted by molar-refractivity contribution is 5.29. The first kappa shape index (κ1) is 23.6. The van der Waals surface area contributed by atoms with Crippen molar-refractivity contribution in [2.45, 2.75) is 116 Å². The molecule has 33 heavy (non-hydrogen) atoms. The molecule has 1 aromatic rings. The highest BCUT2D eigenvalue weighted by atomic mass is 16.5. The standard InChI is InChI=1S/C29H47N3O/c1-19(2)11-20-7-9-28(14-20)15-22(12-21-5-6-26(31)32-18-21)13-23(16-28)29-10-8-24(25(30)17-29)27(3,4)33-29/h5-6,18-20,22-25H,7-17,30H2,1-4H3,(H2,31,32)/t20-,22+,23-,24-,25-,28-,29+/m1/s1. The Morgan fingerprint density at radius 3 is 2.52 bits per heavy atom. The van der Waals surface area contributed by atoms with Crippen molar-refractivity contribution in [3.63, 3.8) is 0 Å². The number of nitrogens with two attached hydrogens (primary N) is 2. The second-order valence-electron chi connectivity index (χ2n) is 13.5. The van der Waals surface area contributed by atoms with Crippen molar-refractivity contribution in [1.29, 1.82) is 0 Å². The van der Waals surface area contributed by atoms with E-state index >= 15 is 0 Å². The SMILES string of the molecule is CC(C)C[C@H]1CC[C@@]2(C1)C[C@@H](Cc1ccc(N)nc1)C[C@@H]([C@]13CC[C@H]([C@H](N)C1)C(C)(C)O3)C2. The molecule has 4 N–H and O–H groups in total. The normalized spacial score (nSPS) is 42.3. The minimum Gasteiger partial charge on any atom is -0.384 e. The van der Waals surface area contributed by atoms with Crippen LogP contribution in [0.2, 0.25) is 0 Å². The predicted molar refractivity (Wildman–Crippen MR) is 136 cm³/mol. The molecule has 1 spiro atoms. The third kappa shape index (κ3) is 4.59. The molecule has 0 unspecified atom stereocenters. The first-order valence-electron chi connectivity index (χ1n) is 13.7. The van der Waals surface area contributed by atoms with E-state index in [1.165, 1.54) is 63.4 Å². The van der Waals surface area contributed by atoms with E-state index in [4.69, 9.17) is 16.2 Å². The van der Waals surface area contributed by atoms with Crippen molar-refractivity contribution in [2.75, 3.05) is 5.73 Å². The van der Waals surface area contributed by atoms with Crippen LogP contribution in [0.4, 0.5) is 5.82 Å². The number of rotatable bonds is 5. The lowest BCUT2D eigenvalue weighted by Crippen LogP contribution is -2.66. The molecule has 3 saturated carbocycles. The number of nitrogens with zero attached hydrogens (tertiary/aromatic N) is 1. The monoisotopic (exact) mass is 453 g/mol. The number of aromatic nitrogens is 1. The zero-order valence-corrected chi connectivity index (χ0v) is 21.5. The summed E-state index contributed by atoms with van der Waals surface area (Å²) >= 11 is 0. The average Bonchev–Trinajstić information content (AvgIpc) is 3.09. The van der Waals surface area contributed by atoms with Crippen LogP contribution >= 0.6 is 0 Å². The highest BCUT2D eigenvalue weighted by Crippen LogP contribution is 2.62. The number of anilines is 1. The van der Waals surface area contributed by atoms with Crippen molar-refractivity contribution in [3.05, 3.63) is 23.9 Å². The van der Waals surface area contributed by atoms with Crippen LogP contribution in [0.5, 0.6) is 0 Å². The van der Waals surface area contributed by atoms with Gasteiger partial charge >= 0.3 is 0 Å². The van der Waals surface area contributed by atoms with Crippen LogP contribution in [0.15, 0.2) is 18.3 Å². The molecule has 4 heteroatoms. The van der Waals surface area contributed by atoms with Crippen LogP contribution in [0.1, 0.15) is 97.5 Å². The van der Waals surface area contributed by atoms with Gasteiger partial charge in [0.15, 0.2) is 0 Å². The molecular formula is C29H47N3O. The lowest BCUT2D eigenvalue weighted by atomic mass is 9.54. The van der Waals surface area contributed by atoms with Crippen LogP contribution in [0.3, 0.4) is 0 Å². The number of nitrogen functional groups attached to an aromatic ring is 1. The van der Waals surface area contributed by atoms with Crippen molar-refractivity contribution in [2.24, 2.45) is 40.7 Å². The molecule has 4 nitrogen and oxygen atoms in total. The van der Waals surface area contributed by atoms with E-state index in [1.807, 2.05) is 12.3 Å². The van der Waals surface area contributed by atoms with Gasteiger partial charge in [-0.15, -0.1) is 0 Å². The fourth-order valence-corrected chi connectivity index (χ4v) is 9.07. The van der Waals surface area contributed by atoms with Crippen molar-refractivity contribution >= 4 is 5.82 Å². The van der Waals surface area contributed by atoms with Crippen LogP contribution in [-0.4, -0.2) is 22.2 Å². The predicted octanol–water partition coefficient (Wildman–Crippen LogP) is 6.13. The van der Waals surface area contributed by atoms with Crippen LogP contribution in [0.25, 0.3) is 0 Å². The van der Waals surface area contributed by atoms with Gasteiger partial charge in [0.25, 0.3) is 0 Å². The van der Waals surface area contributed by atoms with Crippen molar-refractivity contribution in [1.82, 2.24) is 4.98 Å². The van der Waals surface area contributed by atoms with Crippen molar-refractivity contribution in [3.8, 4) is 0 Å². The fraction of sp³-hybridized carbons (Fsp3) is 0.828. The number of hydrogen-bond donors (Lipinski definition) is 2. The second kappa shape index (κ2) is 8.52. The molecule has 7 atom stereocenters. The molecule has 2 saturated heterocycles. The van der Waals surface area contributed by atoms with E-state index in [0.29, 0.717) is 29.0 Å². The number of pyridine rings is 1. The third-order valence-electron chi connectivity index (χ3n) is 10.1. The van der Waals surface area contributed by atoms with E-state index in [2.05, 4.69) is 38.7 Å². The Labute approximate surface area is 201 Å². The van der Waals surface area contributed by atoms with Crippen LogP contribution < -0.4 is 11.5 Å². The molecule has 2 aliphatic heterocycles. The summed E-state index contributed by atoms with van der Waals surface area (Å²) in [6.07, 6.45) is 16.3. The van der Waals surface area contributed by atoms with Gasteiger partial charge in [0.1, 0.15) is 5.82 Å². The summed E-state index contributed by atoms with van der Waals surface area (Å²) in [5.41, 5.74) is 14.4. The number of fused-ring (bicyclic) bond motifs is 3. The molecule has 3 heterocycles. The minimum atomic E-state index is -0.0905. The highest BCUT2D eigenvalue weighted by Gasteiger charge is 2.60. The van der Waals surface area contributed by atoms with E-state index in [0.717, 1.165) is 24.7 Å². The lowest BCUT2D eigenvalue weighted by molar-refractivity contribution is -0.273. The quantitative estimate of drug-likeness (QED) is 0.562. The zero-order valence-electron chi connectivity index (χ0n) is 21.5. The summed E-state index contributed by atoms with van der Waals surface area (Å²) in [5, 5.41) is 0. The van der Waals surface area contributed by atoms with Crippen molar-refractivity contribution < 1.29 is 4.74 Å². The van der Waals surface area contributed by atoms with Gasteiger partial charge in [-0.2, -0.15) is 0 Å². The Morgan fingerprint density at radius 2 is 1.85 bits per heavy atom. The molecule has 0 radical (unpaired) electrons. The molecule has 1 aromatic heterocycles. The van der Waals surface area contributed by atoms with Gasteiger partial charge in [0, 0.05) is 18.2 Å². The fourth-order valence-electron chi connectivity index (χ4n) is 9.07. The molecular weight excluding hydrogens is 406 g/mol. The maximum Gasteiger partial charge on any atom is 0.123 e. The van der Waals surface area contributed by atoms with E-state index in [1.54, 1.807) is 0 Å². The largest absolute Gasteiger partial charge is 0.384 e. The van der Waals surface area contributed by atoms with Gasteiger partial charge in [-0.3, -0.25) is 0 Å². The lowest BCUT2D eigenvalue weighted by Gasteiger charge is -2.62. The summed E-state index contributed by atoms with van der Waals surface area (Å²) in [6.45, 7) is 9.38. The summed E-state index contributed by atoms with van der Waals surface area (Å²) in [7, 11) is 0. The summed E-state index contributed by atoms with van der Waals surface area (Å²) in [6, 6.07) is 4.44. The molecule has 0 amide bonds. The Bertz CT molecular complexity index is 836. The summed E-state index contributed by atoms with van der Waals surface area (Å²) in [5.74, 6) is 4.16. The summed E-state index contributed by atoms with van der Waals surface area (Å²) < 4.78 is 7.07. The smallest absolute Gasteiger partial charge is 0.123 e. The molecule has 5 fully saturated rings.